The number of aromatic carboxylic acids is 1. The van der Waals surface area contributed by atoms with Crippen molar-refractivity contribution in [1.82, 2.24) is 19.6 Å². The standard InChI is InChI=1S/C8H12N4O3.C8H11N3O4/c1-3-4-5-6(12(14)15)7(8(9)13)11(2)10-5;1-3-4-5-6(11(14)15)7(8(12)13)10(2)9-5/h3-4H2,1-2H3,(H2,9,13);3-4H2,1-2H3,(H,12,13). The predicted molar refractivity (Wildman–Crippen MR) is 103 cm³/mol. The first-order valence-corrected chi connectivity index (χ1v) is 8.91. The molecule has 14 nitrogen and oxygen atoms in total. The highest BCUT2D eigenvalue weighted by molar-refractivity contribution is 5.95. The number of primary amides is 1. The molecule has 0 bridgehead atoms. The van der Waals surface area contributed by atoms with Gasteiger partial charge in [0.1, 0.15) is 11.4 Å². The van der Waals surface area contributed by atoms with Crippen LogP contribution in [0.3, 0.4) is 0 Å². The van der Waals surface area contributed by atoms with E-state index in [1.807, 2.05) is 13.8 Å². The van der Waals surface area contributed by atoms with E-state index < -0.39 is 27.4 Å². The highest BCUT2D eigenvalue weighted by Crippen LogP contribution is 2.24. The number of rotatable bonds is 8. The lowest BCUT2D eigenvalue weighted by Gasteiger charge is -1.94. The number of aryl methyl sites for hydroxylation is 4. The molecule has 0 unspecified atom stereocenters. The predicted octanol–water partition coefficient (Wildman–Crippen LogP) is 1.36. The van der Waals surface area contributed by atoms with E-state index in [-0.39, 0.29) is 22.8 Å². The molecule has 0 radical (unpaired) electrons. The summed E-state index contributed by atoms with van der Waals surface area (Å²) in [6.07, 6.45) is 2.25. The van der Waals surface area contributed by atoms with Crippen molar-refractivity contribution in [1.29, 1.82) is 0 Å². The number of hydrogen-bond acceptors (Lipinski definition) is 8. The lowest BCUT2D eigenvalue weighted by atomic mass is 10.2. The second kappa shape index (κ2) is 10.1. The lowest BCUT2D eigenvalue weighted by Crippen LogP contribution is -2.17. The van der Waals surface area contributed by atoms with Gasteiger partial charge in [0.25, 0.3) is 5.91 Å². The number of carboxylic acids is 1. The van der Waals surface area contributed by atoms with Gasteiger partial charge < -0.3 is 10.8 Å². The molecule has 0 aliphatic rings. The van der Waals surface area contributed by atoms with E-state index in [9.17, 15) is 29.8 Å². The Morgan fingerprint density at radius 3 is 1.60 bits per heavy atom. The molecule has 0 aromatic carbocycles. The van der Waals surface area contributed by atoms with Crippen molar-refractivity contribution in [3.05, 3.63) is 43.0 Å². The molecule has 0 fully saturated rings. The second-order valence-corrected chi connectivity index (χ2v) is 6.22. The van der Waals surface area contributed by atoms with Gasteiger partial charge in [0, 0.05) is 14.1 Å². The van der Waals surface area contributed by atoms with Crippen LogP contribution in [0.2, 0.25) is 0 Å². The summed E-state index contributed by atoms with van der Waals surface area (Å²) in [4.78, 5) is 42.0. The van der Waals surface area contributed by atoms with Crippen LogP contribution in [0.4, 0.5) is 11.4 Å². The maximum absolute atomic E-state index is 11.0. The van der Waals surface area contributed by atoms with E-state index in [1.165, 1.54) is 14.1 Å². The smallest absolute Gasteiger partial charge is 0.361 e. The SMILES string of the molecule is CCCc1nn(C)c(C(=O)O)c1[N+](=O)[O-].CCCc1nn(C)c(C(N)=O)c1[N+](=O)[O-]. The van der Waals surface area contributed by atoms with Crippen molar-refractivity contribution >= 4 is 23.3 Å². The largest absolute Gasteiger partial charge is 0.476 e. The molecule has 2 aromatic rings. The Morgan fingerprint density at radius 1 is 0.933 bits per heavy atom. The van der Waals surface area contributed by atoms with Gasteiger partial charge in [0.2, 0.25) is 11.4 Å². The minimum absolute atomic E-state index is 0.150. The van der Waals surface area contributed by atoms with Gasteiger partial charge in [-0.15, -0.1) is 0 Å². The summed E-state index contributed by atoms with van der Waals surface area (Å²) in [7, 11) is 2.85. The van der Waals surface area contributed by atoms with Gasteiger partial charge in [-0.25, -0.2) is 4.79 Å². The molecule has 1 amide bonds. The summed E-state index contributed by atoms with van der Waals surface area (Å²) < 4.78 is 2.19. The first-order valence-electron chi connectivity index (χ1n) is 8.91. The summed E-state index contributed by atoms with van der Waals surface area (Å²) in [5.41, 5.74) is 4.40. The highest BCUT2D eigenvalue weighted by atomic mass is 16.6. The van der Waals surface area contributed by atoms with Crippen LogP contribution in [0.1, 0.15) is 59.1 Å². The molecule has 0 saturated heterocycles. The van der Waals surface area contributed by atoms with E-state index in [2.05, 4.69) is 10.2 Å². The van der Waals surface area contributed by atoms with E-state index in [0.717, 1.165) is 15.8 Å². The molecule has 0 saturated carbocycles. The van der Waals surface area contributed by atoms with Crippen LogP contribution in [0.5, 0.6) is 0 Å². The highest BCUT2D eigenvalue weighted by Gasteiger charge is 2.30. The van der Waals surface area contributed by atoms with Crippen LogP contribution in [-0.4, -0.2) is 46.4 Å². The molecular formula is C16H23N7O7. The quantitative estimate of drug-likeness (QED) is 0.462. The van der Waals surface area contributed by atoms with Crippen LogP contribution in [0.15, 0.2) is 0 Å². The van der Waals surface area contributed by atoms with Crippen LogP contribution in [0, 0.1) is 20.2 Å². The fraction of sp³-hybridized carbons (Fsp3) is 0.500. The maximum Gasteiger partial charge on any atom is 0.361 e. The fourth-order valence-corrected chi connectivity index (χ4v) is 2.85. The Hall–Kier alpha value is -3.84. The Kier molecular flexibility index (Phi) is 8.13. The minimum Gasteiger partial charge on any atom is -0.476 e. The topological polar surface area (TPSA) is 202 Å². The van der Waals surface area contributed by atoms with E-state index in [4.69, 9.17) is 10.8 Å². The van der Waals surface area contributed by atoms with Crippen LogP contribution < -0.4 is 5.73 Å². The van der Waals surface area contributed by atoms with Crippen LogP contribution in [-0.2, 0) is 26.9 Å². The summed E-state index contributed by atoms with van der Waals surface area (Å²) in [6.45, 7) is 3.72. The molecule has 0 spiro atoms. The van der Waals surface area contributed by atoms with Crippen molar-refractivity contribution in [3.63, 3.8) is 0 Å². The normalized spacial score (nSPS) is 10.3. The summed E-state index contributed by atoms with van der Waals surface area (Å²) in [6, 6.07) is 0. The van der Waals surface area contributed by atoms with Gasteiger partial charge in [-0.05, 0) is 12.8 Å². The molecule has 2 heterocycles. The molecule has 14 heteroatoms. The Morgan fingerprint density at radius 2 is 1.30 bits per heavy atom. The Labute approximate surface area is 170 Å². The van der Waals surface area contributed by atoms with Crippen molar-refractivity contribution in [3.8, 4) is 0 Å². The van der Waals surface area contributed by atoms with E-state index in [0.29, 0.717) is 25.0 Å². The third-order valence-electron chi connectivity index (χ3n) is 3.96. The molecule has 0 aliphatic carbocycles. The van der Waals surface area contributed by atoms with Crippen molar-refractivity contribution in [2.45, 2.75) is 39.5 Å². The van der Waals surface area contributed by atoms with Crippen LogP contribution >= 0.6 is 0 Å². The zero-order chi connectivity index (χ0) is 23.2. The molecule has 0 atom stereocenters. The second-order valence-electron chi connectivity index (χ2n) is 6.22. The first-order chi connectivity index (χ1) is 14.0. The summed E-state index contributed by atoms with van der Waals surface area (Å²) >= 11 is 0. The zero-order valence-corrected chi connectivity index (χ0v) is 17.0. The first kappa shape index (κ1) is 24.2. The summed E-state index contributed by atoms with van der Waals surface area (Å²) in [5.74, 6) is -2.17. The number of nitro groups is 2. The van der Waals surface area contributed by atoms with Gasteiger partial charge in [-0.1, -0.05) is 26.7 Å². The van der Waals surface area contributed by atoms with Gasteiger partial charge in [0.15, 0.2) is 0 Å². The molecule has 2 aromatic heterocycles. The number of amides is 1. The average Bonchev–Trinajstić information content (AvgIpc) is 3.13. The molecule has 30 heavy (non-hydrogen) atoms. The third-order valence-corrected chi connectivity index (χ3v) is 3.96. The van der Waals surface area contributed by atoms with Gasteiger partial charge in [-0.3, -0.25) is 34.4 Å². The van der Waals surface area contributed by atoms with Gasteiger partial charge in [-0.2, -0.15) is 10.2 Å². The maximum atomic E-state index is 11.0. The van der Waals surface area contributed by atoms with Gasteiger partial charge >= 0.3 is 17.3 Å². The lowest BCUT2D eigenvalue weighted by molar-refractivity contribution is -0.386. The summed E-state index contributed by atoms with van der Waals surface area (Å²) in [5, 5.41) is 38.1. The van der Waals surface area contributed by atoms with E-state index >= 15 is 0 Å². The molecule has 164 valence electrons. The number of carbonyl (C=O) groups is 2. The molecule has 0 aliphatic heterocycles. The van der Waals surface area contributed by atoms with Crippen LogP contribution in [0.25, 0.3) is 0 Å². The average molecular weight is 425 g/mol. The number of nitrogens with zero attached hydrogens (tertiary/aromatic N) is 6. The van der Waals surface area contributed by atoms with Crippen molar-refractivity contribution in [2.75, 3.05) is 0 Å². The zero-order valence-electron chi connectivity index (χ0n) is 17.0. The monoisotopic (exact) mass is 425 g/mol. The minimum atomic E-state index is -1.33. The molecular weight excluding hydrogens is 402 g/mol. The number of nitrogens with two attached hydrogens (primary N) is 1. The number of carbonyl (C=O) groups excluding carboxylic acids is 1. The fourth-order valence-electron chi connectivity index (χ4n) is 2.85. The van der Waals surface area contributed by atoms with Crippen molar-refractivity contribution < 1.29 is 24.5 Å². The number of carboxylic acid groups (broad SMARTS) is 1. The van der Waals surface area contributed by atoms with E-state index in [1.54, 1.807) is 0 Å². The Bertz CT molecular complexity index is 899. The molecule has 3 N–H and O–H groups in total. The molecule has 2 rings (SSSR count). The Balaban J connectivity index is 0.000000300. The third kappa shape index (κ3) is 5.15. The van der Waals surface area contributed by atoms with Crippen molar-refractivity contribution in [2.24, 2.45) is 19.8 Å². The number of hydrogen-bond donors (Lipinski definition) is 2. The van der Waals surface area contributed by atoms with Gasteiger partial charge in [0.05, 0.1) is 9.85 Å². The number of aromatic nitrogens is 4.